The van der Waals surface area contributed by atoms with Crippen molar-refractivity contribution in [3.63, 3.8) is 0 Å². The van der Waals surface area contributed by atoms with Crippen molar-refractivity contribution >= 4 is 28.8 Å². The summed E-state index contributed by atoms with van der Waals surface area (Å²) in [5, 5.41) is 8.96. The molecule has 1 aromatic rings. The van der Waals surface area contributed by atoms with Crippen molar-refractivity contribution in [3.05, 3.63) is 28.3 Å². The first-order valence-corrected chi connectivity index (χ1v) is 7.47. The average Bonchev–Trinajstić information content (AvgIpc) is 2.37. The van der Waals surface area contributed by atoms with Crippen molar-refractivity contribution in [3.8, 4) is 5.75 Å². The summed E-state index contributed by atoms with van der Waals surface area (Å²) in [7, 11) is 0. The lowest BCUT2D eigenvalue weighted by Crippen LogP contribution is -2.47. The van der Waals surface area contributed by atoms with Gasteiger partial charge in [0.05, 0.1) is 16.6 Å². The molecular formula is C12H12ClF3NO5S-. The molecule has 0 amide bonds. The van der Waals surface area contributed by atoms with E-state index in [0.717, 1.165) is 13.0 Å². The van der Waals surface area contributed by atoms with Crippen molar-refractivity contribution in [1.82, 2.24) is 4.31 Å². The van der Waals surface area contributed by atoms with Crippen molar-refractivity contribution in [1.29, 1.82) is 0 Å². The Labute approximate surface area is 137 Å². The van der Waals surface area contributed by atoms with Gasteiger partial charge in [0.15, 0.2) is 0 Å². The minimum atomic E-state index is -5.09. The van der Waals surface area contributed by atoms with Crippen molar-refractivity contribution < 1.29 is 36.6 Å². The Balaban J connectivity index is 2.93. The Morgan fingerprint density at radius 2 is 2.09 bits per heavy atom. The van der Waals surface area contributed by atoms with Crippen LogP contribution in [0.5, 0.6) is 5.75 Å². The second kappa shape index (κ2) is 7.47. The fourth-order valence-electron chi connectivity index (χ4n) is 1.74. The molecule has 1 aromatic carbocycles. The number of nitrogens with zero attached hydrogens (tertiary/aromatic N) is 1. The molecule has 0 heterocycles. The Morgan fingerprint density at radius 1 is 1.52 bits per heavy atom. The standard InChI is InChI=1S/C12H13ClF3NO5S/c1-6-3-8(4-9(10(6)13)11(18)19)22-5-7(2)17(23(20)21)12(14,15)16/h3-4,7H,5H2,1-2H3,(H,18,19)(H,20,21)/p-1/t7-/m0/s1. The van der Waals surface area contributed by atoms with Crippen molar-refractivity contribution in [2.75, 3.05) is 6.61 Å². The van der Waals surface area contributed by atoms with Crippen LogP contribution >= 0.6 is 11.6 Å². The predicted octanol–water partition coefficient (Wildman–Crippen LogP) is 2.73. The molecule has 0 aliphatic carbocycles. The van der Waals surface area contributed by atoms with Gasteiger partial charge in [-0.05, 0) is 31.5 Å². The number of benzene rings is 1. The Morgan fingerprint density at radius 3 is 2.52 bits per heavy atom. The maximum absolute atomic E-state index is 12.6. The van der Waals surface area contributed by atoms with Gasteiger partial charge in [-0.3, -0.25) is 4.21 Å². The molecule has 6 nitrogen and oxygen atoms in total. The number of aromatic carboxylic acids is 1. The minimum Gasteiger partial charge on any atom is -0.759 e. The molecule has 130 valence electrons. The average molecular weight is 375 g/mol. The zero-order chi connectivity index (χ0) is 17.9. The van der Waals surface area contributed by atoms with Gasteiger partial charge in [-0.2, -0.15) is 13.2 Å². The van der Waals surface area contributed by atoms with E-state index in [1.807, 2.05) is 0 Å². The lowest BCUT2D eigenvalue weighted by Gasteiger charge is -2.31. The van der Waals surface area contributed by atoms with E-state index in [2.05, 4.69) is 0 Å². The minimum absolute atomic E-state index is 0.0181. The number of carboxylic acids is 1. The van der Waals surface area contributed by atoms with Crippen LogP contribution in [-0.4, -0.2) is 43.1 Å². The van der Waals surface area contributed by atoms with Gasteiger partial charge in [-0.25, -0.2) is 4.79 Å². The summed E-state index contributed by atoms with van der Waals surface area (Å²) in [6.45, 7) is 1.87. The number of halogens is 4. The highest BCUT2D eigenvalue weighted by atomic mass is 35.5. The van der Waals surface area contributed by atoms with E-state index in [1.165, 1.54) is 13.0 Å². The summed E-state index contributed by atoms with van der Waals surface area (Å²) in [6, 6.07) is 0.849. The highest BCUT2D eigenvalue weighted by molar-refractivity contribution is 7.76. The fraction of sp³-hybridized carbons (Fsp3) is 0.417. The molecule has 0 bridgehead atoms. The van der Waals surface area contributed by atoms with Gasteiger partial charge >= 0.3 is 12.3 Å². The summed E-state index contributed by atoms with van der Waals surface area (Å²) >= 11 is 2.28. The molecule has 2 atom stereocenters. The maximum atomic E-state index is 12.6. The first-order valence-electron chi connectivity index (χ1n) is 6.06. The van der Waals surface area contributed by atoms with Gasteiger partial charge in [0.2, 0.25) is 0 Å². The molecule has 11 heteroatoms. The van der Waals surface area contributed by atoms with Crippen LogP contribution in [0.4, 0.5) is 13.2 Å². The van der Waals surface area contributed by atoms with Crippen LogP contribution in [0.3, 0.4) is 0 Å². The number of alkyl halides is 3. The zero-order valence-corrected chi connectivity index (χ0v) is 13.5. The number of hydrogen-bond acceptors (Lipinski definition) is 4. The quantitative estimate of drug-likeness (QED) is 0.610. The van der Waals surface area contributed by atoms with Gasteiger partial charge in [-0.15, -0.1) is 4.31 Å². The molecular weight excluding hydrogens is 363 g/mol. The molecule has 23 heavy (non-hydrogen) atoms. The third kappa shape index (κ3) is 5.06. The molecule has 0 saturated carbocycles. The molecule has 0 aliphatic heterocycles. The molecule has 1 N–H and O–H groups in total. The monoisotopic (exact) mass is 374 g/mol. The van der Waals surface area contributed by atoms with Gasteiger partial charge in [0, 0.05) is 11.3 Å². The largest absolute Gasteiger partial charge is 0.759 e. The van der Waals surface area contributed by atoms with E-state index in [0.29, 0.717) is 5.56 Å². The fourth-order valence-corrected chi connectivity index (χ4v) is 2.45. The summed E-state index contributed by atoms with van der Waals surface area (Å²) in [5.41, 5.74) is 0.0868. The molecule has 0 spiro atoms. The number of aryl methyl sites for hydroxylation is 1. The summed E-state index contributed by atoms with van der Waals surface area (Å²) in [4.78, 5) is 11.0. The second-order valence-electron chi connectivity index (χ2n) is 4.58. The SMILES string of the molecule is Cc1cc(OC[C@H](C)N(S(=O)[O-])C(F)(F)F)cc(C(=O)O)c1Cl. The van der Waals surface area contributed by atoms with Crippen LogP contribution in [-0.2, 0) is 11.3 Å². The normalized spacial score (nSPS) is 14.6. The van der Waals surface area contributed by atoms with Crippen LogP contribution in [0.15, 0.2) is 12.1 Å². The lowest BCUT2D eigenvalue weighted by atomic mass is 10.1. The van der Waals surface area contributed by atoms with Crippen LogP contribution in [0.1, 0.15) is 22.8 Å². The highest BCUT2D eigenvalue weighted by Gasteiger charge is 2.42. The van der Waals surface area contributed by atoms with E-state index >= 15 is 0 Å². The smallest absolute Gasteiger partial charge is 0.470 e. The molecule has 0 aromatic heterocycles. The second-order valence-corrected chi connectivity index (χ2v) is 5.78. The number of carbonyl (C=O) groups is 1. The molecule has 0 radical (unpaired) electrons. The topological polar surface area (TPSA) is 89.9 Å². The van der Waals surface area contributed by atoms with Crippen LogP contribution in [0.25, 0.3) is 0 Å². The number of ether oxygens (including phenoxy) is 1. The van der Waals surface area contributed by atoms with Crippen LogP contribution < -0.4 is 4.74 Å². The third-order valence-corrected chi connectivity index (χ3v) is 4.15. The van der Waals surface area contributed by atoms with Gasteiger partial charge in [0.1, 0.15) is 12.4 Å². The van der Waals surface area contributed by atoms with E-state index in [1.54, 1.807) is 0 Å². The number of hydrogen-bond donors (Lipinski definition) is 1. The van der Waals surface area contributed by atoms with Crippen molar-refractivity contribution in [2.24, 2.45) is 0 Å². The summed E-state index contributed by atoms with van der Waals surface area (Å²) < 4.78 is 63.6. The Kier molecular flexibility index (Phi) is 6.40. The van der Waals surface area contributed by atoms with Crippen molar-refractivity contribution in [2.45, 2.75) is 26.2 Å². The van der Waals surface area contributed by atoms with Gasteiger partial charge in [-0.1, -0.05) is 11.6 Å². The maximum Gasteiger partial charge on any atom is 0.470 e. The first-order chi connectivity index (χ1) is 10.4. The molecule has 0 fully saturated rings. The lowest BCUT2D eigenvalue weighted by molar-refractivity contribution is -0.222. The molecule has 1 unspecified atom stereocenters. The third-order valence-electron chi connectivity index (χ3n) is 2.76. The van der Waals surface area contributed by atoms with E-state index in [4.69, 9.17) is 21.4 Å². The zero-order valence-electron chi connectivity index (χ0n) is 11.9. The number of carboxylic acid groups (broad SMARTS) is 1. The van der Waals surface area contributed by atoms with E-state index in [-0.39, 0.29) is 16.3 Å². The van der Waals surface area contributed by atoms with Gasteiger partial charge < -0.3 is 14.4 Å². The predicted molar refractivity (Wildman–Crippen MR) is 74.9 cm³/mol. The number of rotatable bonds is 6. The molecule has 0 saturated heterocycles. The van der Waals surface area contributed by atoms with E-state index < -0.39 is 40.5 Å². The Bertz CT molecular complexity index is 625. The van der Waals surface area contributed by atoms with E-state index in [9.17, 15) is 26.7 Å². The molecule has 0 aliphatic rings. The summed E-state index contributed by atoms with van der Waals surface area (Å²) in [6.07, 6.45) is -5.09. The Hall–Kier alpha value is -1.36. The first kappa shape index (κ1) is 19.7. The molecule has 1 rings (SSSR count). The highest BCUT2D eigenvalue weighted by Crippen LogP contribution is 2.28. The summed E-state index contributed by atoms with van der Waals surface area (Å²) in [5.74, 6) is -1.36. The van der Waals surface area contributed by atoms with Crippen LogP contribution in [0.2, 0.25) is 5.02 Å². The van der Waals surface area contributed by atoms with Gasteiger partial charge in [0.25, 0.3) is 0 Å². The van der Waals surface area contributed by atoms with Crippen LogP contribution in [0, 0.1) is 6.92 Å².